The van der Waals surface area contributed by atoms with Crippen LogP contribution >= 0.6 is 0 Å². The van der Waals surface area contributed by atoms with E-state index in [4.69, 9.17) is 98.1 Å². The van der Waals surface area contributed by atoms with Crippen molar-refractivity contribution < 1.29 is 161 Å². The maximum Gasteiger partial charge on any atom is 1.00 e. The molecule has 0 aromatic rings. The molecular weight excluding hydrogens is 1440 g/mol. The van der Waals surface area contributed by atoms with E-state index in [0.29, 0.717) is 77.4 Å². The summed E-state index contributed by atoms with van der Waals surface area (Å²) in [4.78, 5) is 131. The first kappa shape index (κ1) is 135. The summed E-state index contributed by atoms with van der Waals surface area (Å²) in [5.74, 6) is -4.39. The van der Waals surface area contributed by atoms with Crippen LogP contribution in [0, 0.1) is 0 Å². The Morgan fingerprint density at radius 3 is 0.873 bits per heavy atom. The van der Waals surface area contributed by atoms with Crippen molar-refractivity contribution in [2.75, 3.05) is 73.7 Å². The van der Waals surface area contributed by atoms with Gasteiger partial charge in [-0.15, -0.1) is 0 Å². The predicted molar refractivity (Wildman–Crippen MR) is 406 cm³/mol. The maximum absolute atomic E-state index is 12.7. The van der Waals surface area contributed by atoms with E-state index < -0.39 is 110 Å². The average molecular weight is 1590 g/mol. The summed E-state index contributed by atoms with van der Waals surface area (Å²) in [6.07, 6.45) is 4.01. The van der Waals surface area contributed by atoms with Gasteiger partial charge >= 0.3 is 110 Å². The largest absolute Gasteiger partial charge is 1.00 e. The van der Waals surface area contributed by atoms with Crippen LogP contribution in [-0.2, 0) is 117 Å². The van der Waals surface area contributed by atoms with E-state index in [9.17, 15) is 33.6 Å². The second-order valence-corrected chi connectivity index (χ2v) is 48.5. The molecule has 0 radical (unpaired) electrons. The monoisotopic (exact) mass is 1590 g/mol. The molecule has 0 heterocycles. The molecule has 0 saturated carbocycles. The molecule has 0 fully saturated rings. The minimum Gasteiger partial charge on any atom is -0.859 e. The average Bonchev–Trinajstić information content (AvgIpc) is 0.840. The van der Waals surface area contributed by atoms with Crippen LogP contribution in [0.4, 0.5) is 0 Å². The number of aliphatic carboxylic acids is 2. The molecule has 102 heavy (non-hydrogen) atoms. The molecule has 0 saturated heterocycles. The molecule has 0 aliphatic rings. The van der Waals surface area contributed by atoms with Gasteiger partial charge in [0, 0.05) is 47.3 Å². The molecule has 35 heteroatoms. The number of esters is 4. The Kier molecular flexibility index (Phi) is 100. The Morgan fingerprint density at radius 1 is 0.422 bits per heavy atom. The van der Waals surface area contributed by atoms with Gasteiger partial charge in [0.25, 0.3) is 0 Å². The summed E-state index contributed by atoms with van der Waals surface area (Å²) in [5.41, 5.74) is -4.32. The summed E-state index contributed by atoms with van der Waals surface area (Å²) >= 11 is 0. The van der Waals surface area contributed by atoms with E-state index in [1.165, 1.54) is 6.92 Å². The van der Waals surface area contributed by atoms with Crippen molar-refractivity contribution >= 4 is 105 Å². The van der Waals surface area contributed by atoms with E-state index >= 15 is 0 Å². The van der Waals surface area contributed by atoms with Crippen molar-refractivity contribution in [2.24, 2.45) is 0 Å². The van der Waals surface area contributed by atoms with Gasteiger partial charge in [-0.1, -0.05) is 127 Å². The van der Waals surface area contributed by atoms with E-state index in [1.54, 1.807) is 61.6 Å². The van der Waals surface area contributed by atoms with Crippen LogP contribution in [0.25, 0.3) is 0 Å². The van der Waals surface area contributed by atoms with Crippen molar-refractivity contribution in [3.05, 3.63) is 0 Å². The third kappa shape index (κ3) is 71.1. The van der Waals surface area contributed by atoms with Gasteiger partial charge in [0.2, 0.25) is 0 Å². The summed E-state index contributed by atoms with van der Waals surface area (Å²) in [7, 11) is -8.86. The Hall–Kier alpha value is -3.14. The molecular formula is C67H149NaO28Si6. The van der Waals surface area contributed by atoms with Crippen LogP contribution in [-0.4, -0.2) is 206 Å². The van der Waals surface area contributed by atoms with Gasteiger partial charge in [-0.3, -0.25) is 14.4 Å². The van der Waals surface area contributed by atoms with Gasteiger partial charge < -0.3 is 74.1 Å². The fourth-order valence-corrected chi connectivity index (χ4v) is 26.3. The van der Waals surface area contributed by atoms with E-state index in [1.807, 2.05) is 34.6 Å². The first-order chi connectivity index (χ1) is 43.6. The number of carbonyl (C=O) groups excluding carboxylic acids is 10. The van der Waals surface area contributed by atoms with Gasteiger partial charge in [0.15, 0.2) is 33.4 Å². The first-order valence-electron chi connectivity index (χ1n) is 32.1. The fourth-order valence-electron chi connectivity index (χ4n) is 8.83. The molecule has 0 aromatic heterocycles. The Morgan fingerprint density at radius 2 is 0.676 bits per heavy atom. The van der Waals surface area contributed by atoms with Crippen LogP contribution in [0.5, 0.6) is 0 Å². The molecule has 610 valence electrons. The molecule has 5 atom stereocenters. The van der Waals surface area contributed by atoms with Crippen LogP contribution in [0.3, 0.4) is 0 Å². The van der Waals surface area contributed by atoms with Crippen molar-refractivity contribution in [3.63, 3.8) is 0 Å². The van der Waals surface area contributed by atoms with Crippen molar-refractivity contribution in [1.82, 2.24) is 0 Å². The van der Waals surface area contributed by atoms with E-state index in [0.717, 1.165) is 30.2 Å². The van der Waals surface area contributed by atoms with Crippen LogP contribution < -0.4 is 34.4 Å². The summed E-state index contributed by atoms with van der Waals surface area (Å²) in [5, 5.41) is 18.0. The zero-order valence-electron chi connectivity index (χ0n) is 62.2. The van der Waals surface area contributed by atoms with Crippen LogP contribution in [0.2, 0.25) is 95.2 Å². The molecule has 0 aliphatic carbocycles. The van der Waals surface area contributed by atoms with E-state index in [-0.39, 0.29) is 146 Å². The molecule has 0 aliphatic heterocycles. The first-order valence-corrected chi connectivity index (χ1v) is 49.0. The van der Waals surface area contributed by atoms with Gasteiger partial charge in [-0.2, -0.15) is 28.8 Å². The fraction of sp³-hybridized carbons (Fsp3) is 0.866. The van der Waals surface area contributed by atoms with Crippen molar-refractivity contribution in [3.8, 4) is 0 Å². The topological polar surface area (TPSA) is 388 Å². The second-order valence-electron chi connectivity index (χ2n) is 23.7. The Labute approximate surface area is 647 Å². The van der Waals surface area contributed by atoms with E-state index in [2.05, 4.69) is 53.1 Å². The normalized spacial score (nSPS) is 13.1. The van der Waals surface area contributed by atoms with Crippen LogP contribution in [0.15, 0.2) is 0 Å². The van der Waals surface area contributed by atoms with Gasteiger partial charge in [0.05, 0.1) is 45.7 Å². The quantitative estimate of drug-likeness (QED) is 0.0247. The SMILES string of the molecule is C.C.C.C.C.C.C.CCCC(CC(=O)OCC)(OCCC[Si](CC)(OC)O[Si](C)(C)C)C(=O)OCC.CCCC(CC(=O)OCC)(OCCC[Si](CC)(OCC)OCC)C(=O)OCC.CC[Si](CCCOC(C)(CC(=O)O)C(=O)O)(OC)O[Si](C)(C)C.C[Si](C)(C)[O-].O=C=O.O=C=O.O=C=O.[Na+]. The second kappa shape index (κ2) is 76.1. The molecule has 0 spiro atoms. The number of rotatable bonds is 45. The molecule has 0 rings (SSSR count). The van der Waals surface area contributed by atoms with Crippen molar-refractivity contribution in [1.29, 1.82) is 0 Å². The zero-order valence-corrected chi connectivity index (χ0v) is 70.2. The van der Waals surface area contributed by atoms with Crippen molar-refractivity contribution in [2.45, 2.75) is 311 Å². The Bertz CT molecular complexity index is 2090. The standard InChI is InChI=1S/C20H42O7Si2.C20H40O7Si.C14H30O7Si2.C3H9OSi.3CO2.7CH4.Na/c1-9-14-20(19(22)25-11-3,17-18(21)24-10-2)26-15-13-16-29(12-4,23-5)27-28(6,7)8;1-7-14-20(19(22)24-9-3,17-18(21)23-8-2)25-15-13-16-28(12-6,26-10-4)27-11-5;1-7-23(19-3,21-22(4,5)6)10-8-9-20-14(2,13(17)18)11-12(15)16;1-5(2,3)4;3*2-1-3;;;;;;;;/h9-17H2,1-8H3;7-17H2,1-6H3;7-11H2,1-6H3,(H,15,16)(H,17,18);1-3H3;;;;7*1H4;/q;;;-1;;;;;;;;;;;+1. The summed E-state index contributed by atoms with van der Waals surface area (Å²) in [6, 6.07) is 4.75. The number of hydrogen-bond donors (Lipinski definition) is 2. The van der Waals surface area contributed by atoms with Crippen LogP contribution in [0.1, 0.15) is 199 Å². The molecule has 5 unspecified atom stereocenters. The minimum atomic E-state index is -2.32. The number of ether oxygens (including phenoxy) is 7. The zero-order chi connectivity index (χ0) is 75.0. The molecule has 2 N–H and O–H groups in total. The number of carboxylic acid groups (broad SMARTS) is 2. The number of hydrogen-bond acceptors (Lipinski definition) is 26. The molecule has 28 nitrogen and oxygen atoms in total. The minimum absolute atomic E-state index is 0. The number of carboxylic acids is 2. The van der Waals surface area contributed by atoms with Gasteiger partial charge in [-0.05, 0) is 156 Å². The smallest absolute Gasteiger partial charge is 0.859 e. The predicted octanol–water partition coefficient (Wildman–Crippen LogP) is 11.0. The maximum atomic E-state index is 12.7. The third-order valence-electron chi connectivity index (χ3n) is 12.5. The molecule has 0 amide bonds. The third-order valence-corrected chi connectivity index (χ3v) is 30.0. The van der Waals surface area contributed by atoms with Gasteiger partial charge in [0.1, 0.15) is 0 Å². The Balaban J connectivity index is -0.0000000755. The molecule has 0 bridgehead atoms. The molecule has 0 aromatic carbocycles. The van der Waals surface area contributed by atoms with Gasteiger partial charge in [-0.25, -0.2) is 14.4 Å². The summed E-state index contributed by atoms with van der Waals surface area (Å²) in [6.45, 7) is 43.4. The summed E-state index contributed by atoms with van der Waals surface area (Å²) < 4.78 is 74.2. The number of carbonyl (C=O) groups is 6.